The van der Waals surface area contributed by atoms with Gasteiger partial charge in [-0.2, -0.15) is 4.31 Å². The highest BCUT2D eigenvalue weighted by molar-refractivity contribution is 7.91. The van der Waals surface area contributed by atoms with Gasteiger partial charge in [0.25, 0.3) is 10.0 Å². The van der Waals surface area contributed by atoms with Crippen molar-refractivity contribution in [1.29, 1.82) is 0 Å². The Morgan fingerprint density at radius 1 is 1.25 bits per heavy atom. The molecule has 114 valence electrons. The van der Waals surface area contributed by atoms with E-state index in [-0.39, 0.29) is 9.77 Å². The molecule has 1 heterocycles. The van der Waals surface area contributed by atoms with Crippen molar-refractivity contribution in [2.75, 3.05) is 13.1 Å². The number of nitrogens with zero attached hydrogens (tertiary/aromatic N) is 1. The van der Waals surface area contributed by atoms with E-state index in [1.165, 1.54) is 15.8 Å². The number of unbranched alkanes of at least 4 members (excludes halogenated alkanes) is 2. The summed E-state index contributed by atoms with van der Waals surface area (Å²) in [6.07, 6.45) is 3.45. The van der Waals surface area contributed by atoms with Crippen LogP contribution in [0.5, 0.6) is 0 Å². The van der Waals surface area contributed by atoms with Crippen LogP contribution < -0.4 is 0 Å². The van der Waals surface area contributed by atoms with E-state index in [4.69, 9.17) is 5.11 Å². The smallest absolute Gasteiger partial charge is 0.336 e. The molecule has 0 aliphatic rings. The van der Waals surface area contributed by atoms with Gasteiger partial charge < -0.3 is 5.11 Å². The fourth-order valence-corrected chi connectivity index (χ4v) is 4.54. The highest BCUT2D eigenvalue weighted by Crippen LogP contribution is 2.24. The molecule has 0 radical (unpaired) electrons. The Morgan fingerprint density at radius 3 is 2.20 bits per heavy atom. The molecular formula is C13H21NO4S2. The van der Waals surface area contributed by atoms with Crippen molar-refractivity contribution >= 4 is 27.3 Å². The van der Waals surface area contributed by atoms with Gasteiger partial charge in [0.05, 0.1) is 5.56 Å². The molecule has 1 aromatic rings. The number of hydrogen-bond acceptors (Lipinski definition) is 4. The lowest BCUT2D eigenvalue weighted by Crippen LogP contribution is -2.32. The van der Waals surface area contributed by atoms with Gasteiger partial charge >= 0.3 is 5.97 Å². The molecule has 1 aromatic heterocycles. The Morgan fingerprint density at radius 2 is 1.80 bits per heavy atom. The van der Waals surface area contributed by atoms with E-state index in [2.05, 4.69) is 0 Å². The molecule has 5 nitrogen and oxygen atoms in total. The van der Waals surface area contributed by atoms with Crippen LogP contribution >= 0.6 is 11.3 Å². The Bertz CT molecular complexity index is 528. The van der Waals surface area contributed by atoms with E-state index in [0.717, 1.165) is 37.0 Å². The third-order valence-electron chi connectivity index (χ3n) is 2.94. The van der Waals surface area contributed by atoms with Crippen LogP contribution in [0.15, 0.2) is 15.7 Å². The van der Waals surface area contributed by atoms with Gasteiger partial charge in [0, 0.05) is 18.5 Å². The summed E-state index contributed by atoms with van der Waals surface area (Å²) in [7, 11) is -3.57. The Balaban J connectivity index is 2.97. The largest absolute Gasteiger partial charge is 0.478 e. The third kappa shape index (κ3) is 4.29. The minimum atomic E-state index is -3.57. The lowest BCUT2D eigenvalue weighted by molar-refractivity contribution is 0.0697. The van der Waals surface area contributed by atoms with Gasteiger partial charge in [-0.1, -0.05) is 26.7 Å². The van der Waals surface area contributed by atoms with Gasteiger partial charge in [0.15, 0.2) is 0 Å². The maximum Gasteiger partial charge on any atom is 0.336 e. The summed E-state index contributed by atoms with van der Waals surface area (Å²) in [5.74, 6) is -1.10. The van der Waals surface area contributed by atoms with Crippen molar-refractivity contribution in [3.05, 3.63) is 17.0 Å². The summed E-state index contributed by atoms with van der Waals surface area (Å²) in [5.41, 5.74) is 0.0273. The van der Waals surface area contributed by atoms with Crippen molar-refractivity contribution in [2.45, 2.75) is 43.7 Å². The molecule has 7 heteroatoms. The first-order chi connectivity index (χ1) is 9.43. The maximum absolute atomic E-state index is 12.5. The van der Waals surface area contributed by atoms with Crippen molar-refractivity contribution in [3.63, 3.8) is 0 Å². The van der Waals surface area contributed by atoms with E-state index in [1.54, 1.807) is 0 Å². The van der Waals surface area contributed by atoms with E-state index in [1.807, 2.05) is 13.8 Å². The molecule has 0 saturated heterocycles. The zero-order chi connectivity index (χ0) is 15.2. The molecule has 0 unspecified atom stereocenters. The predicted octanol–water partition coefficient (Wildman–Crippen LogP) is 3.04. The van der Waals surface area contributed by atoms with Crippen molar-refractivity contribution in [2.24, 2.45) is 0 Å². The summed E-state index contributed by atoms with van der Waals surface area (Å²) >= 11 is 0.970. The van der Waals surface area contributed by atoms with Crippen LogP contribution in [0.2, 0.25) is 0 Å². The molecule has 20 heavy (non-hydrogen) atoms. The van der Waals surface area contributed by atoms with Crippen molar-refractivity contribution in [1.82, 2.24) is 4.31 Å². The molecular weight excluding hydrogens is 298 g/mol. The quantitative estimate of drug-likeness (QED) is 0.759. The number of hydrogen-bond donors (Lipinski definition) is 1. The molecule has 1 N–H and O–H groups in total. The summed E-state index contributed by atoms with van der Waals surface area (Å²) in [4.78, 5) is 10.9. The molecule has 0 aliphatic heterocycles. The molecule has 0 aliphatic carbocycles. The van der Waals surface area contributed by atoms with Gasteiger partial charge in [0.2, 0.25) is 0 Å². The Labute approximate surface area is 124 Å². The first-order valence-electron chi connectivity index (χ1n) is 6.75. The van der Waals surface area contributed by atoms with Crippen molar-refractivity contribution < 1.29 is 18.3 Å². The second kappa shape index (κ2) is 7.75. The molecule has 0 aromatic carbocycles. The fourth-order valence-electron chi connectivity index (χ4n) is 1.71. The first-order valence-corrected chi connectivity index (χ1v) is 9.07. The predicted molar refractivity (Wildman–Crippen MR) is 79.9 cm³/mol. The molecule has 0 spiro atoms. The van der Waals surface area contributed by atoms with Gasteiger partial charge in [-0.3, -0.25) is 0 Å². The number of sulfonamides is 1. The second-order valence-corrected chi connectivity index (χ2v) is 7.65. The summed E-state index contributed by atoms with van der Waals surface area (Å²) in [6, 6.07) is 1.24. The Kier molecular flexibility index (Phi) is 6.64. The average molecular weight is 319 g/mol. The van der Waals surface area contributed by atoms with Crippen LogP contribution in [-0.2, 0) is 10.0 Å². The lowest BCUT2D eigenvalue weighted by Gasteiger charge is -2.20. The lowest BCUT2D eigenvalue weighted by atomic mass is 10.3. The van der Waals surface area contributed by atoms with Gasteiger partial charge in [-0.15, -0.1) is 11.3 Å². The van der Waals surface area contributed by atoms with Crippen LogP contribution in [0.1, 0.15) is 49.9 Å². The summed E-state index contributed by atoms with van der Waals surface area (Å²) in [6.45, 7) is 4.99. The van der Waals surface area contributed by atoms with Crippen LogP contribution in [0.3, 0.4) is 0 Å². The molecule has 0 bridgehead atoms. The molecule has 0 amide bonds. The zero-order valence-electron chi connectivity index (χ0n) is 11.8. The molecule has 0 atom stereocenters. The monoisotopic (exact) mass is 319 g/mol. The minimum Gasteiger partial charge on any atom is -0.478 e. The average Bonchev–Trinajstić information content (AvgIpc) is 2.89. The molecule has 1 rings (SSSR count). The minimum absolute atomic E-state index is 0.0273. The van der Waals surface area contributed by atoms with Crippen LogP contribution in [0.25, 0.3) is 0 Å². The first kappa shape index (κ1) is 17.1. The second-order valence-electron chi connectivity index (χ2n) is 4.57. The third-order valence-corrected chi connectivity index (χ3v) is 6.25. The maximum atomic E-state index is 12.5. The Hall–Kier alpha value is -0.920. The van der Waals surface area contributed by atoms with Gasteiger partial charge in [0.1, 0.15) is 4.21 Å². The summed E-state index contributed by atoms with van der Waals surface area (Å²) < 4.78 is 26.6. The fraction of sp³-hybridized carbons (Fsp3) is 0.615. The van der Waals surface area contributed by atoms with Crippen LogP contribution in [0, 0.1) is 0 Å². The summed E-state index contributed by atoms with van der Waals surface area (Å²) in [5, 5.41) is 10.3. The van der Waals surface area contributed by atoms with Gasteiger partial charge in [-0.05, 0) is 18.9 Å². The topological polar surface area (TPSA) is 74.7 Å². The van der Waals surface area contributed by atoms with E-state index < -0.39 is 16.0 Å². The molecule has 0 saturated carbocycles. The number of thiophene rings is 1. The normalized spacial score (nSPS) is 11.9. The van der Waals surface area contributed by atoms with E-state index >= 15 is 0 Å². The van der Waals surface area contributed by atoms with Crippen LogP contribution in [-0.4, -0.2) is 36.9 Å². The number of carboxylic acid groups (broad SMARTS) is 1. The molecule has 0 fully saturated rings. The number of carbonyl (C=O) groups is 1. The van der Waals surface area contributed by atoms with E-state index in [0.29, 0.717) is 13.1 Å². The number of rotatable bonds is 9. The van der Waals surface area contributed by atoms with Gasteiger partial charge in [-0.25, -0.2) is 13.2 Å². The zero-order valence-corrected chi connectivity index (χ0v) is 13.5. The standard InChI is InChI=1S/C13H21NO4S2/c1-3-5-7-14(8-6-4-2)20(17,18)12-9-11(10-19-12)13(15)16/h9-10H,3-8H2,1-2H3,(H,15,16). The van der Waals surface area contributed by atoms with Crippen molar-refractivity contribution in [3.8, 4) is 0 Å². The highest BCUT2D eigenvalue weighted by atomic mass is 32.2. The number of aromatic carboxylic acids is 1. The number of carboxylic acids is 1. The van der Waals surface area contributed by atoms with E-state index in [9.17, 15) is 13.2 Å². The van der Waals surface area contributed by atoms with Crippen LogP contribution in [0.4, 0.5) is 0 Å². The highest BCUT2D eigenvalue weighted by Gasteiger charge is 2.26. The SMILES string of the molecule is CCCCN(CCCC)S(=O)(=O)c1cc(C(=O)O)cs1.